The average Bonchev–Trinajstić information content (AvgIpc) is 2.67. The average molecular weight is 282 g/mol. The van der Waals surface area contributed by atoms with Crippen LogP contribution >= 0.6 is 11.3 Å². The summed E-state index contributed by atoms with van der Waals surface area (Å²) in [5.41, 5.74) is 7.80. The van der Waals surface area contributed by atoms with Crippen molar-refractivity contribution in [3.05, 3.63) is 16.1 Å². The highest BCUT2D eigenvalue weighted by molar-refractivity contribution is 7.11. The molecular weight excluding hydrogens is 264 g/mol. The van der Waals surface area contributed by atoms with Gasteiger partial charge in [-0.15, -0.1) is 11.3 Å². The number of primary amides is 1. The number of carbonyl (C=O) groups is 2. The van der Waals surface area contributed by atoms with Crippen LogP contribution in [0.5, 0.6) is 0 Å². The molecule has 0 radical (unpaired) electrons. The molecule has 1 aliphatic rings. The lowest BCUT2D eigenvalue weighted by Gasteiger charge is -2.22. The second-order valence-electron chi connectivity index (χ2n) is 4.88. The normalized spacial score (nSPS) is 21.2. The van der Waals surface area contributed by atoms with Gasteiger partial charge in [0, 0.05) is 26.2 Å². The maximum atomic E-state index is 12.4. The molecule has 0 spiro atoms. The quantitative estimate of drug-likeness (QED) is 0.824. The van der Waals surface area contributed by atoms with E-state index in [9.17, 15) is 9.59 Å². The monoisotopic (exact) mass is 282 g/mol. The predicted molar refractivity (Wildman–Crippen MR) is 72.9 cm³/mol. The number of nitrogens with two attached hydrogens (primary N) is 1. The van der Waals surface area contributed by atoms with Crippen LogP contribution in [0.25, 0.3) is 0 Å². The standard InChI is InChI=1S/C12H18N4O2S/c1-8-10(19-7-14-8)12(18)16-4-3-15(2)5-9(6-16)11(13)17/h7,9H,3-6H2,1-2H3,(H2,13,17). The molecule has 2 amide bonds. The second-order valence-corrected chi connectivity index (χ2v) is 5.73. The topological polar surface area (TPSA) is 79.5 Å². The zero-order valence-electron chi connectivity index (χ0n) is 11.1. The lowest BCUT2D eigenvalue weighted by atomic mass is 10.1. The minimum atomic E-state index is -0.354. The molecule has 1 aromatic rings. The van der Waals surface area contributed by atoms with E-state index < -0.39 is 0 Å². The fourth-order valence-electron chi connectivity index (χ4n) is 2.19. The fourth-order valence-corrected chi connectivity index (χ4v) is 2.96. The molecule has 19 heavy (non-hydrogen) atoms. The zero-order chi connectivity index (χ0) is 14.0. The molecule has 6 nitrogen and oxygen atoms in total. The number of thiazole rings is 1. The highest BCUT2D eigenvalue weighted by atomic mass is 32.1. The molecule has 0 aliphatic carbocycles. The summed E-state index contributed by atoms with van der Waals surface area (Å²) in [7, 11) is 1.93. The van der Waals surface area contributed by atoms with Gasteiger partial charge in [0.2, 0.25) is 5.91 Å². The summed E-state index contributed by atoms with van der Waals surface area (Å²) >= 11 is 1.34. The van der Waals surface area contributed by atoms with Crippen molar-refractivity contribution in [1.82, 2.24) is 14.8 Å². The summed E-state index contributed by atoms with van der Waals surface area (Å²) in [6.45, 7) is 4.15. The molecule has 1 saturated heterocycles. The van der Waals surface area contributed by atoms with Crippen molar-refractivity contribution in [2.24, 2.45) is 11.7 Å². The van der Waals surface area contributed by atoms with Gasteiger partial charge in [-0.2, -0.15) is 0 Å². The Kier molecular flexibility index (Phi) is 4.16. The summed E-state index contributed by atoms with van der Waals surface area (Å²) in [5, 5.41) is 0. The third-order valence-corrected chi connectivity index (χ3v) is 4.27. The van der Waals surface area contributed by atoms with Gasteiger partial charge >= 0.3 is 0 Å². The lowest BCUT2D eigenvalue weighted by molar-refractivity contribution is -0.122. The molecule has 1 atom stereocenters. The van der Waals surface area contributed by atoms with Gasteiger partial charge in [-0.3, -0.25) is 9.59 Å². The van der Waals surface area contributed by atoms with E-state index >= 15 is 0 Å². The molecule has 0 bridgehead atoms. The van der Waals surface area contributed by atoms with Crippen LogP contribution in [-0.4, -0.2) is 59.8 Å². The number of hydrogen-bond acceptors (Lipinski definition) is 5. The van der Waals surface area contributed by atoms with E-state index in [-0.39, 0.29) is 17.7 Å². The van der Waals surface area contributed by atoms with Crippen molar-refractivity contribution < 1.29 is 9.59 Å². The van der Waals surface area contributed by atoms with Gasteiger partial charge in [0.15, 0.2) is 0 Å². The van der Waals surface area contributed by atoms with Crippen molar-refractivity contribution in [3.8, 4) is 0 Å². The minimum absolute atomic E-state index is 0.0541. The zero-order valence-corrected chi connectivity index (χ0v) is 11.9. The Morgan fingerprint density at radius 1 is 1.42 bits per heavy atom. The summed E-state index contributed by atoms with van der Waals surface area (Å²) in [5.74, 6) is -0.723. The Hall–Kier alpha value is -1.47. The number of aryl methyl sites for hydroxylation is 1. The highest BCUT2D eigenvalue weighted by Gasteiger charge is 2.29. The van der Waals surface area contributed by atoms with Crippen LogP contribution in [-0.2, 0) is 4.79 Å². The van der Waals surface area contributed by atoms with E-state index in [1.807, 2.05) is 18.9 Å². The number of rotatable bonds is 2. The Labute approximate surface area is 116 Å². The molecule has 2 N–H and O–H groups in total. The first-order valence-corrected chi connectivity index (χ1v) is 7.04. The van der Waals surface area contributed by atoms with Crippen LogP contribution < -0.4 is 5.73 Å². The Balaban J connectivity index is 2.17. The van der Waals surface area contributed by atoms with Crippen molar-refractivity contribution in [2.75, 3.05) is 33.2 Å². The first-order valence-electron chi connectivity index (χ1n) is 6.16. The predicted octanol–water partition coefficient (Wildman–Crippen LogP) is -0.0594. The van der Waals surface area contributed by atoms with E-state index in [4.69, 9.17) is 5.73 Å². The smallest absolute Gasteiger partial charge is 0.265 e. The van der Waals surface area contributed by atoms with Crippen LogP contribution in [0.1, 0.15) is 15.4 Å². The second kappa shape index (κ2) is 5.66. The van der Waals surface area contributed by atoms with Gasteiger partial charge in [0.05, 0.1) is 17.1 Å². The molecule has 0 saturated carbocycles. The molecule has 1 fully saturated rings. The van der Waals surface area contributed by atoms with Gasteiger partial charge in [0.25, 0.3) is 5.91 Å². The first-order chi connectivity index (χ1) is 8.99. The van der Waals surface area contributed by atoms with Gasteiger partial charge in [-0.05, 0) is 14.0 Å². The molecule has 2 heterocycles. The summed E-state index contributed by atoms with van der Waals surface area (Å²) in [4.78, 5) is 32.3. The summed E-state index contributed by atoms with van der Waals surface area (Å²) in [6, 6.07) is 0. The van der Waals surface area contributed by atoms with Gasteiger partial charge in [-0.1, -0.05) is 0 Å². The third-order valence-electron chi connectivity index (χ3n) is 3.35. The van der Waals surface area contributed by atoms with E-state index in [0.29, 0.717) is 24.5 Å². The molecule has 2 rings (SSSR count). The maximum Gasteiger partial charge on any atom is 0.265 e. The van der Waals surface area contributed by atoms with Crippen LogP contribution in [0.4, 0.5) is 0 Å². The van der Waals surface area contributed by atoms with Gasteiger partial charge in [0.1, 0.15) is 4.88 Å². The Bertz CT molecular complexity index is 488. The van der Waals surface area contributed by atoms with Gasteiger partial charge in [-0.25, -0.2) is 4.98 Å². The van der Waals surface area contributed by atoms with E-state index in [1.165, 1.54) is 11.3 Å². The Morgan fingerprint density at radius 3 is 2.74 bits per heavy atom. The van der Waals surface area contributed by atoms with Gasteiger partial charge < -0.3 is 15.5 Å². The maximum absolute atomic E-state index is 12.4. The van der Waals surface area contributed by atoms with Crippen molar-refractivity contribution in [3.63, 3.8) is 0 Å². The Morgan fingerprint density at radius 2 is 2.16 bits per heavy atom. The first kappa shape index (κ1) is 14.0. The molecular formula is C12H18N4O2S. The molecule has 1 aliphatic heterocycles. The number of likely N-dealkylation sites (N-methyl/N-ethyl adjacent to an activating group) is 1. The molecule has 1 aromatic heterocycles. The minimum Gasteiger partial charge on any atom is -0.369 e. The number of amides is 2. The number of nitrogens with zero attached hydrogens (tertiary/aromatic N) is 3. The SMILES string of the molecule is Cc1ncsc1C(=O)N1CCN(C)CC(C(N)=O)C1. The molecule has 7 heteroatoms. The largest absolute Gasteiger partial charge is 0.369 e. The molecule has 0 aromatic carbocycles. The third kappa shape index (κ3) is 3.10. The highest BCUT2D eigenvalue weighted by Crippen LogP contribution is 2.17. The van der Waals surface area contributed by atoms with Crippen LogP contribution in [0.2, 0.25) is 0 Å². The van der Waals surface area contributed by atoms with Crippen LogP contribution in [0, 0.1) is 12.8 Å². The lowest BCUT2D eigenvalue weighted by Crippen LogP contribution is -2.40. The number of hydrogen-bond donors (Lipinski definition) is 1. The molecule has 104 valence electrons. The van der Waals surface area contributed by atoms with E-state index in [1.54, 1.807) is 10.4 Å². The van der Waals surface area contributed by atoms with Crippen LogP contribution in [0.3, 0.4) is 0 Å². The number of carbonyl (C=O) groups excluding carboxylic acids is 2. The van der Waals surface area contributed by atoms with E-state index in [2.05, 4.69) is 4.98 Å². The summed E-state index contributed by atoms with van der Waals surface area (Å²) < 4.78 is 0. The molecule has 1 unspecified atom stereocenters. The fraction of sp³-hybridized carbons (Fsp3) is 0.583. The van der Waals surface area contributed by atoms with Crippen molar-refractivity contribution in [2.45, 2.75) is 6.92 Å². The number of aromatic nitrogens is 1. The summed E-state index contributed by atoms with van der Waals surface area (Å²) in [6.07, 6.45) is 0. The van der Waals surface area contributed by atoms with Crippen molar-refractivity contribution >= 4 is 23.2 Å². The van der Waals surface area contributed by atoms with Crippen molar-refractivity contribution in [1.29, 1.82) is 0 Å². The van der Waals surface area contributed by atoms with E-state index in [0.717, 1.165) is 12.2 Å². The van der Waals surface area contributed by atoms with Crippen LogP contribution in [0.15, 0.2) is 5.51 Å².